The van der Waals surface area contributed by atoms with Crippen molar-refractivity contribution in [2.75, 3.05) is 25.6 Å². The topological polar surface area (TPSA) is 129 Å². The minimum Gasteiger partial charge on any atom is -0.481 e. The number of sulfone groups is 1. The number of carbonyl (C=O) groups excluding carboxylic acids is 1. The van der Waals surface area contributed by atoms with Gasteiger partial charge in [-0.3, -0.25) is 9.59 Å². The van der Waals surface area contributed by atoms with Crippen molar-refractivity contribution >= 4 is 42.6 Å². The van der Waals surface area contributed by atoms with Crippen LogP contribution in [0, 0.1) is 5.92 Å². The molecule has 5 rings (SSSR count). The Balaban J connectivity index is 1.43. The number of hydrogen-bond donors (Lipinski definition) is 1. The lowest BCUT2D eigenvalue weighted by atomic mass is 9.92. The van der Waals surface area contributed by atoms with Crippen molar-refractivity contribution in [3.05, 3.63) is 40.8 Å². The molecule has 1 unspecified atom stereocenters. The summed E-state index contributed by atoms with van der Waals surface area (Å²) >= 11 is 1.21. The molecule has 35 heavy (non-hydrogen) atoms. The van der Waals surface area contributed by atoms with Crippen LogP contribution in [-0.4, -0.2) is 54.4 Å². The van der Waals surface area contributed by atoms with E-state index in [1.54, 1.807) is 12.1 Å². The van der Waals surface area contributed by atoms with E-state index in [1.807, 2.05) is 0 Å². The Morgan fingerprint density at radius 2 is 2.00 bits per heavy atom. The lowest BCUT2D eigenvalue weighted by Crippen LogP contribution is -2.35. The average molecular weight is 519 g/mol. The third-order valence-electron chi connectivity index (χ3n) is 6.42. The standard InChI is InChI=1S/C23H26N4O6S2/c1-32-19-5-4-17-22(25-19)34-23(24-17)26-21(29)18(12-14-7-10-33-11-8-14)27-9-6-16(13-20(27)28)35(30,31)15-2-3-15/h4-6,9,13-15,18H,2-3,7-8,10-12H2,1H3,(H,24,26,29). The normalized spacial score (nSPS) is 17.9. The Morgan fingerprint density at radius 3 is 2.69 bits per heavy atom. The molecule has 2 aliphatic rings. The first-order valence-electron chi connectivity index (χ1n) is 11.5. The molecule has 0 bridgehead atoms. The highest BCUT2D eigenvalue weighted by molar-refractivity contribution is 7.92. The van der Waals surface area contributed by atoms with Crippen molar-refractivity contribution in [3.63, 3.8) is 0 Å². The Labute approximate surface area is 206 Å². The first-order valence-corrected chi connectivity index (χ1v) is 13.9. The molecule has 2 fully saturated rings. The van der Waals surface area contributed by atoms with Crippen LogP contribution >= 0.6 is 11.3 Å². The first kappa shape index (κ1) is 23.9. The first-order chi connectivity index (χ1) is 16.8. The number of carbonyl (C=O) groups is 1. The fourth-order valence-corrected chi connectivity index (χ4v) is 6.77. The molecule has 0 aromatic carbocycles. The van der Waals surface area contributed by atoms with Crippen LogP contribution in [0.4, 0.5) is 5.13 Å². The molecule has 0 radical (unpaired) electrons. The maximum Gasteiger partial charge on any atom is 0.252 e. The van der Waals surface area contributed by atoms with Crippen LogP contribution in [-0.2, 0) is 19.4 Å². The van der Waals surface area contributed by atoms with Gasteiger partial charge in [-0.2, -0.15) is 0 Å². The van der Waals surface area contributed by atoms with Gasteiger partial charge in [-0.1, -0.05) is 11.3 Å². The summed E-state index contributed by atoms with van der Waals surface area (Å²) in [7, 11) is -1.98. The molecule has 4 heterocycles. The van der Waals surface area contributed by atoms with Gasteiger partial charge in [0.05, 0.1) is 17.3 Å². The van der Waals surface area contributed by atoms with Crippen molar-refractivity contribution in [1.29, 1.82) is 0 Å². The molecule has 1 N–H and O–H groups in total. The summed E-state index contributed by atoms with van der Waals surface area (Å²) in [4.78, 5) is 35.9. The van der Waals surface area contributed by atoms with Gasteiger partial charge >= 0.3 is 0 Å². The zero-order chi connectivity index (χ0) is 24.6. The molecule has 0 spiro atoms. The second-order valence-electron chi connectivity index (χ2n) is 8.85. The molecule has 3 aromatic rings. The predicted octanol–water partition coefficient (Wildman–Crippen LogP) is 2.79. The van der Waals surface area contributed by atoms with E-state index in [9.17, 15) is 18.0 Å². The van der Waals surface area contributed by atoms with E-state index in [0.29, 0.717) is 53.8 Å². The van der Waals surface area contributed by atoms with Crippen molar-refractivity contribution in [2.45, 2.75) is 48.3 Å². The van der Waals surface area contributed by atoms with Gasteiger partial charge in [-0.25, -0.2) is 18.4 Å². The third-order valence-corrected chi connectivity index (χ3v) is 9.56. The monoisotopic (exact) mass is 518 g/mol. The molecule has 1 atom stereocenters. The van der Waals surface area contributed by atoms with Crippen LogP contribution in [0.1, 0.15) is 38.1 Å². The Hall–Kier alpha value is -2.83. The maximum absolute atomic E-state index is 13.4. The smallest absolute Gasteiger partial charge is 0.252 e. The molecule has 1 amide bonds. The number of ether oxygens (including phenoxy) is 2. The molecule has 1 saturated heterocycles. The fraction of sp³-hybridized carbons (Fsp3) is 0.478. The summed E-state index contributed by atoms with van der Waals surface area (Å²) in [5.41, 5.74) is 0.105. The summed E-state index contributed by atoms with van der Waals surface area (Å²) in [5.74, 6) is 0.259. The highest BCUT2D eigenvalue weighted by Gasteiger charge is 2.37. The van der Waals surface area contributed by atoms with E-state index < -0.39 is 26.7 Å². The summed E-state index contributed by atoms with van der Waals surface area (Å²) in [6, 6.07) is 5.19. The van der Waals surface area contributed by atoms with Gasteiger partial charge in [0, 0.05) is 31.5 Å². The molecule has 1 aliphatic carbocycles. The summed E-state index contributed by atoms with van der Waals surface area (Å²) in [5, 5.41) is 2.79. The number of rotatable bonds is 8. The van der Waals surface area contributed by atoms with Crippen molar-refractivity contribution < 1.29 is 22.7 Å². The van der Waals surface area contributed by atoms with Gasteiger partial charge in [-0.05, 0) is 50.2 Å². The second-order valence-corrected chi connectivity index (χ2v) is 12.1. The van der Waals surface area contributed by atoms with E-state index in [1.165, 1.54) is 35.3 Å². The minimum atomic E-state index is -3.50. The van der Waals surface area contributed by atoms with Crippen molar-refractivity contribution in [2.24, 2.45) is 5.92 Å². The van der Waals surface area contributed by atoms with Crippen molar-refractivity contribution in [1.82, 2.24) is 14.5 Å². The van der Waals surface area contributed by atoms with Crippen LogP contribution in [0.15, 0.2) is 40.2 Å². The highest BCUT2D eigenvalue weighted by Crippen LogP contribution is 2.33. The molecular weight excluding hydrogens is 492 g/mol. The number of hydrogen-bond acceptors (Lipinski definition) is 9. The molecule has 3 aromatic heterocycles. The Morgan fingerprint density at radius 1 is 1.23 bits per heavy atom. The van der Waals surface area contributed by atoms with Crippen molar-refractivity contribution in [3.8, 4) is 5.88 Å². The SMILES string of the molecule is COc1ccc2nc(NC(=O)C(CC3CCOCC3)n3ccc(S(=O)(=O)C4CC4)cc3=O)sc2n1. The van der Waals surface area contributed by atoms with E-state index >= 15 is 0 Å². The largest absolute Gasteiger partial charge is 0.481 e. The summed E-state index contributed by atoms with van der Waals surface area (Å²) in [6.45, 7) is 1.22. The van der Waals surface area contributed by atoms with Gasteiger partial charge in [-0.15, -0.1) is 0 Å². The van der Waals surface area contributed by atoms with Crippen LogP contribution in [0.3, 0.4) is 0 Å². The number of amides is 1. The Bertz CT molecular complexity index is 1410. The van der Waals surface area contributed by atoms with Gasteiger partial charge < -0.3 is 19.4 Å². The van der Waals surface area contributed by atoms with Crippen LogP contribution in [0.25, 0.3) is 10.3 Å². The van der Waals surface area contributed by atoms with Gasteiger partial charge in [0.2, 0.25) is 11.8 Å². The molecule has 12 heteroatoms. The number of pyridine rings is 2. The number of thiazole rings is 1. The zero-order valence-corrected chi connectivity index (χ0v) is 20.8. The Kier molecular flexibility index (Phi) is 6.60. The number of aromatic nitrogens is 3. The lowest BCUT2D eigenvalue weighted by Gasteiger charge is -2.27. The average Bonchev–Trinajstić information content (AvgIpc) is 3.64. The zero-order valence-electron chi connectivity index (χ0n) is 19.2. The van der Waals surface area contributed by atoms with E-state index in [2.05, 4.69) is 15.3 Å². The van der Waals surface area contributed by atoms with E-state index in [4.69, 9.17) is 9.47 Å². The second kappa shape index (κ2) is 9.67. The van der Waals surface area contributed by atoms with Gasteiger partial charge in [0.1, 0.15) is 16.4 Å². The van der Waals surface area contributed by atoms with Gasteiger partial charge in [0.15, 0.2) is 15.0 Å². The van der Waals surface area contributed by atoms with Crippen LogP contribution in [0.2, 0.25) is 0 Å². The number of fused-ring (bicyclic) bond motifs is 1. The summed E-state index contributed by atoms with van der Waals surface area (Å²) < 4.78 is 37.1. The van der Waals surface area contributed by atoms with E-state index in [-0.39, 0.29) is 16.7 Å². The van der Waals surface area contributed by atoms with E-state index in [0.717, 1.165) is 18.9 Å². The summed E-state index contributed by atoms with van der Waals surface area (Å²) in [6.07, 6.45) is 4.66. The van der Waals surface area contributed by atoms with Crippen LogP contribution in [0.5, 0.6) is 5.88 Å². The molecular formula is C23H26N4O6S2. The maximum atomic E-state index is 13.4. The number of anilines is 1. The lowest BCUT2D eigenvalue weighted by molar-refractivity contribution is -0.120. The third kappa shape index (κ3) is 5.09. The molecule has 186 valence electrons. The molecule has 1 aliphatic heterocycles. The number of nitrogens with zero attached hydrogens (tertiary/aromatic N) is 3. The highest BCUT2D eigenvalue weighted by atomic mass is 32.2. The molecule has 1 saturated carbocycles. The quantitative estimate of drug-likeness (QED) is 0.482. The van der Waals surface area contributed by atoms with Gasteiger partial charge in [0.25, 0.3) is 5.56 Å². The predicted molar refractivity (Wildman–Crippen MR) is 131 cm³/mol. The fourth-order valence-electron chi connectivity index (χ4n) is 4.28. The minimum absolute atomic E-state index is 0.0117. The number of nitrogens with one attached hydrogen (secondary N) is 1. The molecule has 10 nitrogen and oxygen atoms in total. The number of methoxy groups -OCH3 is 1. The van der Waals surface area contributed by atoms with Crippen LogP contribution < -0.4 is 15.6 Å².